The summed E-state index contributed by atoms with van der Waals surface area (Å²) in [5, 5.41) is 10.9. The molecule has 2 rings (SSSR count). The molecule has 1 N–H and O–H groups in total. The van der Waals surface area contributed by atoms with Crippen LogP contribution in [0.5, 0.6) is 11.5 Å². The molecule has 0 aliphatic heterocycles. The molecule has 0 bridgehead atoms. The maximum atomic E-state index is 11.5. The summed E-state index contributed by atoms with van der Waals surface area (Å²) in [6.45, 7) is 6.55. The van der Waals surface area contributed by atoms with Gasteiger partial charge in [0.1, 0.15) is 30.0 Å². The SMILES string of the molecule is CC[S+]([O-])CC(O)COc1ccc(C(C)(C)c2cc(Cl)c(OCCCCl)c(Cl)c2)cc1. The van der Waals surface area contributed by atoms with Crippen molar-refractivity contribution in [2.75, 3.05) is 30.6 Å². The Bertz CT molecular complexity index is 807. The van der Waals surface area contributed by atoms with Crippen LogP contribution >= 0.6 is 34.8 Å². The van der Waals surface area contributed by atoms with Gasteiger partial charge in [-0.05, 0) is 48.7 Å². The van der Waals surface area contributed by atoms with Crippen LogP contribution in [-0.4, -0.2) is 46.4 Å². The summed E-state index contributed by atoms with van der Waals surface area (Å²) < 4.78 is 22.8. The molecule has 0 aliphatic carbocycles. The van der Waals surface area contributed by atoms with Gasteiger partial charge in [0, 0.05) is 11.3 Å². The molecule has 8 heteroatoms. The Morgan fingerprint density at radius 2 is 1.68 bits per heavy atom. The number of rotatable bonds is 12. The van der Waals surface area contributed by atoms with Crippen LogP contribution in [0.4, 0.5) is 0 Å². The fraction of sp³-hybridized carbons (Fsp3) is 0.478. The van der Waals surface area contributed by atoms with Crippen LogP contribution in [0.15, 0.2) is 36.4 Å². The van der Waals surface area contributed by atoms with E-state index in [9.17, 15) is 9.66 Å². The minimum absolute atomic E-state index is 0.102. The highest BCUT2D eigenvalue weighted by molar-refractivity contribution is 7.91. The van der Waals surface area contributed by atoms with Crippen molar-refractivity contribution in [3.05, 3.63) is 57.6 Å². The van der Waals surface area contributed by atoms with E-state index in [2.05, 4.69) is 13.8 Å². The number of hydrogen-bond acceptors (Lipinski definition) is 4. The van der Waals surface area contributed by atoms with E-state index in [0.29, 0.717) is 46.2 Å². The van der Waals surface area contributed by atoms with E-state index >= 15 is 0 Å². The quantitative estimate of drug-likeness (QED) is 0.223. The van der Waals surface area contributed by atoms with Crippen molar-refractivity contribution >= 4 is 46.0 Å². The Morgan fingerprint density at radius 1 is 1.06 bits per heavy atom. The van der Waals surface area contributed by atoms with E-state index in [-0.39, 0.29) is 17.8 Å². The third-order valence-corrected chi connectivity index (χ3v) is 7.19. The molecular formula is C23H29Cl3O4S. The summed E-state index contributed by atoms with van der Waals surface area (Å²) in [7, 11) is 0. The normalized spacial score (nSPS) is 13.7. The zero-order chi connectivity index (χ0) is 23.0. The zero-order valence-electron chi connectivity index (χ0n) is 18.0. The monoisotopic (exact) mass is 506 g/mol. The van der Waals surface area contributed by atoms with Gasteiger partial charge in [-0.3, -0.25) is 0 Å². The summed E-state index contributed by atoms with van der Waals surface area (Å²) in [6, 6.07) is 11.4. The van der Waals surface area contributed by atoms with Crippen LogP contribution in [0.1, 0.15) is 38.3 Å². The van der Waals surface area contributed by atoms with Crippen molar-refractivity contribution in [3.63, 3.8) is 0 Å². The van der Waals surface area contributed by atoms with Gasteiger partial charge >= 0.3 is 0 Å². The first-order valence-electron chi connectivity index (χ1n) is 10.1. The van der Waals surface area contributed by atoms with Gasteiger partial charge in [-0.15, -0.1) is 11.6 Å². The van der Waals surface area contributed by atoms with Crippen molar-refractivity contribution in [1.29, 1.82) is 0 Å². The van der Waals surface area contributed by atoms with Gasteiger partial charge in [-0.1, -0.05) is 60.4 Å². The Labute approximate surface area is 203 Å². The molecule has 2 atom stereocenters. The molecule has 0 saturated heterocycles. The molecule has 0 aliphatic rings. The van der Waals surface area contributed by atoms with Crippen molar-refractivity contribution in [2.45, 2.75) is 38.7 Å². The topological polar surface area (TPSA) is 61.8 Å². The molecule has 0 radical (unpaired) electrons. The number of aliphatic hydroxyl groups is 1. The Kier molecular flexibility index (Phi) is 10.6. The van der Waals surface area contributed by atoms with Crippen molar-refractivity contribution in [1.82, 2.24) is 0 Å². The lowest BCUT2D eigenvalue weighted by molar-refractivity contribution is 0.125. The number of aliphatic hydroxyl groups excluding tert-OH is 1. The molecule has 0 aromatic heterocycles. The highest BCUT2D eigenvalue weighted by atomic mass is 35.5. The van der Waals surface area contributed by atoms with Crippen LogP contribution in [0.25, 0.3) is 0 Å². The third-order valence-electron chi connectivity index (χ3n) is 4.96. The first kappa shape index (κ1) is 26.4. The van der Waals surface area contributed by atoms with E-state index in [4.69, 9.17) is 44.3 Å². The number of halogens is 3. The van der Waals surface area contributed by atoms with Crippen LogP contribution in [-0.2, 0) is 16.6 Å². The maximum absolute atomic E-state index is 11.5. The lowest BCUT2D eigenvalue weighted by Crippen LogP contribution is -2.28. The number of alkyl halides is 1. The molecule has 0 saturated carbocycles. The number of ether oxygens (including phenoxy) is 2. The summed E-state index contributed by atoms with van der Waals surface area (Å²) in [6.07, 6.45) is -0.0463. The molecule has 2 aromatic carbocycles. The molecule has 0 amide bonds. The third kappa shape index (κ3) is 7.62. The Hall–Kier alpha value is -0.820. The Balaban J connectivity index is 2.09. The highest BCUT2D eigenvalue weighted by Gasteiger charge is 2.26. The fourth-order valence-electron chi connectivity index (χ4n) is 2.99. The van der Waals surface area contributed by atoms with Gasteiger partial charge in [0.15, 0.2) is 5.75 Å². The van der Waals surface area contributed by atoms with E-state index < -0.39 is 17.3 Å². The van der Waals surface area contributed by atoms with Gasteiger partial charge in [0.05, 0.1) is 16.7 Å². The molecular weight excluding hydrogens is 479 g/mol. The van der Waals surface area contributed by atoms with E-state index in [1.165, 1.54) is 0 Å². The minimum Gasteiger partial charge on any atom is -0.616 e. The molecule has 172 valence electrons. The first-order valence-corrected chi connectivity index (χ1v) is 12.9. The van der Waals surface area contributed by atoms with Gasteiger partial charge in [0.25, 0.3) is 0 Å². The standard InChI is InChI=1S/C23H29Cl3O4S/c1-4-31(28)15-18(27)14-30-19-8-6-16(7-9-19)23(2,3)17-12-20(25)22(21(26)13-17)29-11-5-10-24/h6-9,12-13,18,27H,4-5,10-11,14-15H2,1-3H3. The molecule has 0 fully saturated rings. The maximum Gasteiger partial charge on any atom is 0.156 e. The average molecular weight is 508 g/mol. The zero-order valence-corrected chi connectivity index (χ0v) is 21.1. The second-order valence-corrected chi connectivity index (χ2v) is 10.7. The van der Waals surface area contributed by atoms with Crippen LogP contribution in [0.2, 0.25) is 10.0 Å². The average Bonchev–Trinajstić information content (AvgIpc) is 2.74. The van der Waals surface area contributed by atoms with Crippen molar-refractivity contribution in [2.24, 2.45) is 0 Å². The fourth-order valence-corrected chi connectivity index (χ4v) is 4.46. The van der Waals surface area contributed by atoms with Gasteiger partial charge < -0.3 is 19.1 Å². The second-order valence-electron chi connectivity index (χ2n) is 7.67. The molecule has 0 spiro atoms. The molecule has 4 nitrogen and oxygen atoms in total. The largest absolute Gasteiger partial charge is 0.616 e. The summed E-state index contributed by atoms with van der Waals surface area (Å²) in [5.41, 5.74) is 1.65. The number of hydrogen-bond donors (Lipinski definition) is 1. The van der Waals surface area contributed by atoms with Crippen molar-refractivity contribution in [3.8, 4) is 11.5 Å². The van der Waals surface area contributed by atoms with Crippen LogP contribution < -0.4 is 9.47 Å². The Morgan fingerprint density at radius 3 is 2.23 bits per heavy atom. The van der Waals surface area contributed by atoms with Gasteiger partial charge in [-0.25, -0.2) is 0 Å². The minimum atomic E-state index is -1.03. The number of benzene rings is 2. The first-order chi connectivity index (χ1) is 14.7. The summed E-state index contributed by atoms with van der Waals surface area (Å²) in [4.78, 5) is 0. The second kappa shape index (κ2) is 12.4. The molecule has 2 aromatic rings. The predicted octanol–water partition coefficient (Wildman–Crippen LogP) is 5.84. The summed E-state index contributed by atoms with van der Waals surface area (Å²) >= 11 is 17.5. The predicted molar refractivity (Wildman–Crippen MR) is 131 cm³/mol. The van der Waals surface area contributed by atoms with E-state index in [1.807, 2.05) is 43.3 Å². The lowest BCUT2D eigenvalue weighted by atomic mass is 9.78. The van der Waals surface area contributed by atoms with Crippen molar-refractivity contribution < 1.29 is 19.1 Å². The lowest BCUT2D eigenvalue weighted by Gasteiger charge is -2.27. The smallest absolute Gasteiger partial charge is 0.156 e. The highest BCUT2D eigenvalue weighted by Crippen LogP contribution is 2.40. The molecule has 0 heterocycles. The van der Waals surface area contributed by atoms with E-state index in [0.717, 1.165) is 11.1 Å². The molecule has 31 heavy (non-hydrogen) atoms. The van der Waals surface area contributed by atoms with Crippen LogP contribution in [0, 0.1) is 0 Å². The molecule has 2 unspecified atom stereocenters. The van der Waals surface area contributed by atoms with Gasteiger partial charge in [0.2, 0.25) is 0 Å². The van der Waals surface area contributed by atoms with E-state index in [1.54, 1.807) is 0 Å². The van der Waals surface area contributed by atoms with Crippen LogP contribution in [0.3, 0.4) is 0 Å². The van der Waals surface area contributed by atoms with Gasteiger partial charge in [-0.2, -0.15) is 0 Å². The summed E-state index contributed by atoms with van der Waals surface area (Å²) in [5.74, 6) is 2.36.